The summed E-state index contributed by atoms with van der Waals surface area (Å²) in [6, 6.07) is 5.01. The van der Waals surface area contributed by atoms with E-state index in [1.54, 1.807) is 12.7 Å². The second-order valence-electron chi connectivity index (χ2n) is 6.31. The summed E-state index contributed by atoms with van der Waals surface area (Å²) in [4.78, 5) is 2.48. The third kappa shape index (κ3) is 2.33. The minimum absolute atomic E-state index is 0.543. The molecule has 0 amide bonds. The summed E-state index contributed by atoms with van der Waals surface area (Å²) in [5.41, 5.74) is 10.4. The summed E-state index contributed by atoms with van der Waals surface area (Å²) < 4.78 is 5.57. The highest BCUT2D eigenvalue weighted by Crippen LogP contribution is 2.40. The average molecular weight is 274 g/mol. The van der Waals surface area contributed by atoms with Crippen LogP contribution in [0.4, 0.5) is 0 Å². The number of nitrogens with two attached hydrogens (primary N) is 1. The van der Waals surface area contributed by atoms with Crippen LogP contribution in [-0.4, -0.2) is 32.1 Å². The van der Waals surface area contributed by atoms with Gasteiger partial charge in [0.2, 0.25) is 0 Å². The van der Waals surface area contributed by atoms with Gasteiger partial charge in [0.05, 0.1) is 7.11 Å². The number of hydrogen-bond acceptors (Lipinski definition) is 3. The van der Waals surface area contributed by atoms with Crippen LogP contribution in [0, 0.1) is 5.92 Å². The molecule has 2 unspecified atom stereocenters. The van der Waals surface area contributed by atoms with Gasteiger partial charge in [-0.3, -0.25) is 4.90 Å². The molecule has 1 saturated heterocycles. The lowest BCUT2D eigenvalue weighted by molar-refractivity contribution is 0.311. The second kappa shape index (κ2) is 5.74. The molecular formula is C17H26N2O. The maximum Gasteiger partial charge on any atom is 0.122 e. The molecule has 0 spiro atoms. The Morgan fingerprint density at radius 3 is 2.65 bits per heavy atom. The third-order valence-electron chi connectivity index (χ3n) is 5.08. The summed E-state index contributed by atoms with van der Waals surface area (Å²) in [5.74, 6) is 1.73. The monoisotopic (exact) mass is 274 g/mol. The van der Waals surface area contributed by atoms with Crippen molar-refractivity contribution in [3.05, 3.63) is 28.8 Å². The van der Waals surface area contributed by atoms with E-state index >= 15 is 0 Å². The Labute approximate surface area is 122 Å². The molecule has 2 atom stereocenters. The van der Waals surface area contributed by atoms with Gasteiger partial charge in [-0.15, -0.1) is 0 Å². The molecule has 110 valence electrons. The lowest BCUT2D eigenvalue weighted by Crippen LogP contribution is -2.22. The largest absolute Gasteiger partial charge is 0.496 e. The maximum absolute atomic E-state index is 5.87. The van der Waals surface area contributed by atoms with Crippen LogP contribution in [-0.2, 0) is 12.8 Å². The fraction of sp³-hybridized carbons (Fsp3) is 0.647. The van der Waals surface area contributed by atoms with E-state index in [0.29, 0.717) is 12.0 Å². The molecule has 1 aliphatic carbocycles. The Hall–Kier alpha value is -1.06. The minimum atomic E-state index is 0.543. The molecular weight excluding hydrogens is 248 g/mol. The van der Waals surface area contributed by atoms with Crippen LogP contribution in [0.15, 0.2) is 12.1 Å². The van der Waals surface area contributed by atoms with Gasteiger partial charge in [0.15, 0.2) is 0 Å². The quantitative estimate of drug-likeness (QED) is 0.920. The molecule has 2 N–H and O–H groups in total. The van der Waals surface area contributed by atoms with E-state index in [4.69, 9.17) is 10.5 Å². The second-order valence-corrected chi connectivity index (χ2v) is 6.31. The predicted molar refractivity (Wildman–Crippen MR) is 82.2 cm³/mol. The van der Waals surface area contributed by atoms with Gasteiger partial charge in [0, 0.05) is 12.6 Å². The maximum atomic E-state index is 5.87. The van der Waals surface area contributed by atoms with Gasteiger partial charge in [-0.1, -0.05) is 6.07 Å². The number of likely N-dealkylation sites (tertiary alicyclic amines) is 1. The first-order valence-electron chi connectivity index (χ1n) is 7.83. The normalized spacial score (nSPS) is 26.6. The number of benzene rings is 1. The Morgan fingerprint density at radius 1 is 1.25 bits per heavy atom. The molecule has 1 heterocycles. The highest BCUT2D eigenvalue weighted by molar-refractivity contribution is 5.48. The van der Waals surface area contributed by atoms with Crippen molar-refractivity contribution in [2.45, 2.75) is 38.1 Å². The van der Waals surface area contributed by atoms with E-state index in [2.05, 4.69) is 24.1 Å². The topological polar surface area (TPSA) is 38.5 Å². The van der Waals surface area contributed by atoms with Crippen LogP contribution in [0.25, 0.3) is 0 Å². The number of methoxy groups -OCH3 is 1. The van der Waals surface area contributed by atoms with Gasteiger partial charge >= 0.3 is 0 Å². The van der Waals surface area contributed by atoms with Crippen LogP contribution in [0.1, 0.15) is 42.0 Å². The van der Waals surface area contributed by atoms with Crippen LogP contribution < -0.4 is 10.5 Å². The van der Waals surface area contributed by atoms with Crippen molar-refractivity contribution in [2.75, 3.05) is 27.2 Å². The Balaban J connectivity index is 1.98. The van der Waals surface area contributed by atoms with Crippen molar-refractivity contribution in [1.29, 1.82) is 0 Å². The average Bonchev–Trinajstić information content (AvgIpc) is 2.87. The van der Waals surface area contributed by atoms with Crippen LogP contribution in [0.2, 0.25) is 0 Å². The Morgan fingerprint density at radius 2 is 2.00 bits per heavy atom. The summed E-state index contributed by atoms with van der Waals surface area (Å²) in [5, 5.41) is 0. The molecule has 1 fully saturated rings. The first kappa shape index (κ1) is 13.9. The molecule has 0 radical (unpaired) electrons. The van der Waals surface area contributed by atoms with Crippen LogP contribution in [0.3, 0.4) is 0 Å². The number of hydrogen-bond donors (Lipinski definition) is 1. The molecule has 1 aromatic rings. The molecule has 2 aliphatic rings. The van der Waals surface area contributed by atoms with Gasteiger partial charge in [-0.05, 0) is 74.4 Å². The van der Waals surface area contributed by atoms with E-state index in [0.717, 1.165) is 18.8 Å². The van der Waals surface area contributed by atoms with Crippen molar-refractivity contribution >= 4 is 0 Å². The van der Waals surface area contributed by atoms with Crippen molar-refractivity contribution in [1.82, 2.24) is 4.90 Å². The molecule has 3 nitrogen and oxygen atoms in total. The Bertz CT molecular complexity index is 486. The number of fused-ring (bicyclic) bond motifs is 1. The SMILES string of the molecule is COc1ccc(C2CC(CN)CN2C)c2c1CCCC2. The zero-order valence-corrected chi connectivity index (χ0v) is 12.7. The van der Waals surface area contributed by atoms with Crippen LogP contribution >= 0.6 is 0 Å². The minimum Gasteiger partial charge on any atom is -0.496 e. The zero-order valence-electron chi connectivity index (χ0n) is 12.7. The fourth-order valence-electron chi connectivity index (χ4n) is 4.01. The first-order valence-corrected chi connectivity index (χ1v) is 7.83. The predicted octanol–water partition coefficient (Wildman–Crippen LogP) is 2.53. The highest BCUT2D eigenvalue weighted by atomic mass is 16.5. The summed E-state index contributed by atoms with van der Waals surface area (Å²) >= 11 is 0. The number of nitrogens with zero attached hydrogens (tertiary/aromatic N) is 1. The van der Waals surface area contributed by atoms with E-state index < -0.39 is 0 Å². The van der Waals surface area contributed by atoms with Gasteiger partial charge in [0.1, 0.15) is 5.75 Å². The summed E-state index contributed by atoms with van der Waals surface area (Å²) in [7, 11) is 4.02. The first-order chi connectivity index (χ1) is 9.74. The smallest absolute Gasteiger partial charge is 0.122 e. The summed E-state index contributed by atoms with van der Waals surface area (Å²) in [6.45, 7) is 1.93. The molecule has 0 bridgehead atoms. The van der Waals surface area contributed by atoms with Crippen molar-refractivity contribution < 1.29 is 4.74 Å². The fourth-order valence-corrected chi connectivity index (χ4v) is 4.01. The molecule has 3 rings (SSSR count). The zero-order chi connectivity index (χ0) is 14.1. The van der Waals surface area contributed by atoms with Crippen LogP contribution in [0.5, 0.6) is 5.75 Å². The molecule has 20 heavy (non-hydrogen) atoms. The summed E-state index contributed by atoms with van der Waals surface area (Å²) in [6.07, 6.45) is 6.18. The molecule has 0 aromatic heterocycles. The van der Waals surface area contributed by atoms with Gasteiger partial charge < -0.3 is 10.5 Å². The van der Waals surface area contributed by atoms with E-state index in [9.17, 15) is 0 Å². The van der Waals surface area contributed by atoms with Crippen molar-refractivity contribution in [2.24, 2.45) is 11.7 Å². The molecule has 1 aromatic carbocycles. The molecule has 1 aliphatic heterocycles. The standard InChI is InChI=1S/C17H26N2O/c1-19-11-12(10-18)9-16(19)14-7-8-17(20-2)15-6-4-3-5-13(14)15/h7-8,12,16H,3-6,9-11,18H2,1-2H3. The molecule has 3 heteroatoms. The Kier molecular flexibility index (Phi) is 3.99. The van der Waals surface area contributed by atoms with E-state index in [-0.39, 0.29) is 0 Å². The lowest BCUT2D eigenvalue weighted by atomic mass is 9.84. The number of rotatable bonds is 3. The van der Waals surface area contributed by atoms with E-state index in [1.165, 1.54) is 43.2 Å². The van der Waals surface area contributed by atoms with Gasteiger partial charge in [-0.2, -0.15) is 0 Å². The number of ether oxygens (including phenoxy) is 1. The lowest BCUT2D eigenvalue weighted by Gasteiger charge is -2.27. The van der Waals surface area contributed by atoms with Crippen molar-refractivity contribution in [3.63, 3.8) is 0 Å². The molecule has 0 saturated carbocycles. The highest BCUT2D eigenvalue weighted by Gasteiger charge is 2.32. The van der Waals surface area contributed by atoms with E-state index in [1.807, 2.05) is 0 Å². The van der Waals surface area contributed by atoms with Gasteiger partial charge in [-0.25, -0.2) is 0 Å². The third-order valence-corrected chi connectivity index (χ3v) is 5.08. The van der Waals surface area contributed by atoms with Gasteiger partial charge in [0.25, 0.3) is 0 Å². The van der Waals surface area contributed by atoms with Crippen molar-refractivity contribution in [3.8, 4) is 5.75 Å².